The molecular formula is C25H28F2N4O4S2. The number of hydrogen-bond acceptors (Lipinski definition) is 10. The number of thioether (sulfide) groups is 1. The van der Waals surface area contributed by atoms with E-state index in [1.165, 1.54) is 35.2 Å². The van der Waals surface area contributed by atoms with Crippen molar-refractivity contribution in [1.29, 1.82) is 0 Å². The van der Waals surface area contributed by atoms with Gasteiger partial charge in [-0.1, -0.05) is 0 Å². The zero-order valence-corrected chi connectivity index (χ0v) is 21.9. The zero-order valence-electron chi connectivity index (χ0n) is 20.2. The molecule has 2 N–H and O–H groups in total. The van der Waals surface area contributed by atoms with Gasteiger partial charge in [0.1, 0.15) is 30.1 Å². The van der Waals surface area contributed by atoms with Crippen molar-refractivity contribution in [2.75, 3.05) is 37.7 Å². The predicted molar refractivity (Wildman–Crippen MR) is 139 cm³/mol. The molecule has 2 aliphatic rings. The lowest BCUT2D eigenvalue weighted by atomic mass is 9.93. The summed E-state index contributed by atoms with van der Waals surface area (Å²) >= 11 is 2.77. The number of thiazole rings is 1. The first-order valence-electron chi connectivity index (χ1n) is 11.9. The number of hydrogen-bond donors (Lipinski definition) is 2. The molecule has 37 heavy (non-hydrogen) atoms. The van der Waals surface area contributed by atoms with Crippen molar-refractivity contribution in [2.45, 2.75) is 25.6 Å². The second kappa shape index (κ2) is 12.6. The van der Waals surface area contributed by atoms with Crippen LogP contribution in [0, 0.1) is 11.7 Å². The van der Waals surface area contributed by atoms with E-state index in [0.717, 1.165) is 12.4 Å². The Hall–Kier alpha value is -2.83. The number of nitrogens with zero attached hydrogens (tertiary/aromatic N) is 3. The van der Waals surface area contributed by atoms with Crippen LogP contribution in [-0.4, -0.2) is 77.0 Å². The molecule has 12 heteroatoms. The third-order valence-corrected chi connectivity index (χ3v) is 8.02. The zero-order chi connectivity index (χ0) is 26.4. The average molecular weight is 551 g/mol. The van der Waals surface area contributed by atoms with Gasteiger partial charge in [0.2, 0.25) is 0 Å². The Morgan fingerprint density at radius 1 is 1.43 bits per heavy atom. The summed E-state index contributed by atoms with van der Waals surface area (Å²) in [7, 11) is 0. The van der Waals surface area contributed by atoms with Gasteiger partial charge in [0.05, 0.1) is 12.2 Å². The summed E-state index contributed by atoms with van der Waals surface area (Å²) < 4.78 is 34.1. The largest absolute Gasteiger partial charge is 0.507 e. The van der Waals surface area contributed by atoms with Gasteiger partial charge in [-0.15, -0.1) is 11.3 Å². The Morgan fingerprint density at radius 2 is 2.27 bits per heavy atom. The fourth-order valence-electron chi connectivity index (χ4n) is 4.43. The standard InChI is InChI=1S/C25H28F2N4O4S2/c1-2-35-25(34)21-19(13-31-7-5-15(18(27)12-31)14-36-10-8-32)29-23(24-28-6-9-37-24)30-22(21)17-4-3-16(26)11-20(17)33/h3-4,6,8-9,11,15,18,22,33H,2,5,7,10,12-14H2,1H3,(H,29,30)/t15?,18?,22-/m0/s1. The molecule has 0 radical (unpaired) electrons. The maximum atomic E-state index is 15.0. The van der Waals surface area contributed by atoms with Gasteiger partial charge < -0.3 is 20.0 Å². The molecule has 3 heterocycles. The highest BCUT2D eigenvalue weighted by atomic mass is 32.2. The fraction of sp³-hybridized carbons (Fsp3) is 0.440. The van der Waals surface area contributed by atoms with Crippen LogP contribution in [0.1, 0.15) is 30.0 Å². The highest BCUT2D eigenvalue weighted by Crippen LogP contribution is 2.38. The number of piperidine rings is 1. The number of rotatable bonds is 10. The molecule has 0 amide bonds. The van der Waals surface area contributed by atoms with Gasteiger partial charge in [0.25, 0.3) is 0 Å². The smallest absolute Gasteiger partial charge is 0.338 e. The van der Waals surface area contributed by atoms with Crippen molar-refractivity contribution in [3.63, 3.8) is 0 Å². The van der Waals surface area contributed by atoms with Gasteiger partial charge in [0.15, 0.2) is 10.8 Å². The quantitative estimate of drug-likeness (QED) is 0.263. The summed E-state index contributed by atoms with van der Waals surface area (Å²) in [4.78, 5) is 34.7. The van der Waals surface area contributed by atoms with Gasteiger partial charge in [-0.3, -0.25) is 9.89 Å². The van der Waals surface area contributed by atoms with Crippen molar-refractivity contribution >= 4 is 41.2 Å². The van der Waals surface area contributed by atoms with Crippen LogP contribution < -0.4 is 5.32 Å². The number of amidine groups is 1. The summed E-state index contributed by atoms with van der Waals surface area (Å²) in [6, 6.07) is 2.58. The normalized spacial score (nSPS) is 22.4. The van der Waals surface area contributed by atoms with E-state index in [2.05, 4.69) is 15.3 Å². The fourth-order valence-corrected chi connectivity index (χ4v) is 5.93. The molecule has 198 valence electrons. The van der Waals surface area contributed by atoms with Gasteiger partial charge in [0, 0.05) is 53.7 Å². The molecule has 1 aromatic carbocycles. The van der Waals surface area contributed by atoms with E-state index in [1.807, 2.05) is 4.90 Å². The van der Waals surface area contributed by atoms with Crippen LogP contribution in [0.4, 0.5) is 8.78 Å². The van der Waals surface area contributed by atoms with E-state index in [4.69, 9.17) is 4.74 Å². The molecule has 0 spiro atoms. The molecule has 4 rings (SSSR count). The number of phenolic OH excluding ortho intramolecular Hbond substituents is 1. The maximum absolute atomic E-state index is 15.0. The van der Waals surface area contributed by atoms with E-state index >= 15 is 4.39 Å². The predicted octanol–water partition coefficient (Wildman–Crippen LogP) is 3.49. The summed E-state index contributed by atoms with van der Waals surface area (Å²) in [5.74, 6) is -0.410. The molecule has 0 aliphatic carbocycles. The van der Waals surface area contributed by atoms with E-state index in [9.17, 15) is 19.1 Å². The second-order valence-electron chi connectivity index (χ2n) is 8.66. The van der Waals surface area contributed by atoms with E-state index in [-0.39, 0.29) is 42.5 Å². The molecule has 1 aromatic heterocycles. The molecule has 2 unspecified atom stereocenters. The summed E-state index contributed by atoms with van der Waals surface area (Å²) in [5, 5.41) is 16.1. The summed E-state index contributed by atoms with van der Waals surface area (Å²) in [6.45, 7) is 2.79. The molecule has 1 fully saturated rings. The molecular weight excluding hydrogens is 522 g/mol. The van der Waals surface area contributed by atoms with Gasteiger partial charge in [-0.05, 0) is 37.8 Å². The molecule has 8 nitrogen and oxygen atoms in total. The molecule has 1 saturated heterocycles. The second-order valence-corrected chi connectivity index (χ2v) is 10.6. The maximum Gasteiger partial charge on any atom is 0.338 e. The van der Waals surface area contributed by atoms with Crippen molar-refractivity contribution < 1.29 is 28.2 Å². The minimum absolute atomic E-state index is 0.122. The molecule has 0 bridgehead atoms. The number of esters is 1. The minimum atomic E-state index is -1.08. The Balaban J connectivity index is 1.67. The number of aromatic hydroxyl groups is 1. The number of aromatic nitrogens is 1. The number of nitrogens with one attached hydrogen (secondary N) is 1. The number of carbonyl (C=O) groups excluding carboxylic acids is 2. The summed E-state index contributed by atoms with van der Waals surface area (Å²) in [6.07, 6.45) is 1.99. The van der Waals surface area contributed by atoms with Crippen LogP contribution in [0.2, 0.25) is 0 Å². The number of aliphatic imine (C=N–C) groups is 1. The lowest BCUT2D eigenvalue weighted by Gasteiger charge is -2.36. The Morgan fingerprint density at radius 3 is 2.95 bits per heavy atom. The SMILES string of the molecule is CCOC(=O)C1=C(CN2CCC(CSCC=O)C(F)C2)NC(c2nccs2)=N[C@H]1c1ccc(F)cc1O. The van der Waals surface area contributed by atoms with E-state index in [0.29, 0.717) is 41.0 Å². The molecule has 3 atom stereocenters. The minimum Gasteiger partial charge on any atom is -0.507 e. The number of likely N-dealkylation sites (tertiary alicyclic amines) is 1. The van der Waals surface area contributed by atoms with Crippen LogP contribution >= 0.6 is 23.1 Å². The first kappa shape index (κ1) is 27.2. The van der Waals surface area contributed by atoms with Crippen LogP contribution in [0.25, 0.3) is 0 Å². The van der Waals surface area contributed by atoms with E-state index < -0.39 is 24.0 Å². The lowest BCUT2D eigenvalue weighted by molar-refractivity contribution is -0.139. The highest BCUT2D eigenvalue weighted by molar-refractivity contribution is 7.99. The van der Waals surface area contributed by atoms with Crippen molar-refractivity contribution in [1.82, 2.24) is 15.2 Å². The number of phenols is 1. The third kappa shape index (κ3) is 6.55. The number of ether oxygens (including phenoxy) is 1. The van der Waals surface area contributed by atoms with Gasteiger partial charge in [-0.2, -0.15) is 11.8 Å². The van der Waals surface area contributed by atoms with Crippen LogP contribution in [0.3, 0.4) is 0 Å². The Labute approximate surface area is 221 Å². The van der Waals surface area contributed by atoms with Crippen LogP contribution in [-0.2, 0) is 14.3 Å². The highest BCUT2D eigenvalue weighted by Gasteiger charge is 2.36. The van der Waals surface area contributed by atoms with Crippen molar-refractivity contribution in [2.24, 2.45) is 10.9 Å². The third-order valence-electron chi connectivity index (χ3n) is 6.20. The first-order chi connectivity index (χ1) is 17.9. The number of aldehydes is 1. The molecule has 2 aromatic rings. The number of halogens is 2. The van der Waals surface area contributed by atoms with Crippen molar-refractivity contribution in [3.8, 4) is 5.75 Å². The first-order valence-corrected chi connectivity index (χ1v) is 14.0. The number of alkyl halides is 1. The Kier molecular flexibility index (Phi) is 9.28. The lowest BCUT2D eigenvalue weighted by Crippen LogP contribution is -2.46. The van der Waals surface area contributed by atoms with Crippen LogP contribution in [0.5, 0.6) is 5.75 Å². The van der Waals surface area contributed by atoms with Gasteiger partial charge >= 0.3 is 5.97 Å². The topological polar surface area (TPSA) is 104 Å². The monoisotopic (exact) mass is 550 g/mol. The van der Waals surface area contributed by atoms with Gasteiger partial charge in [-0.25, -0.2) is 18.6 Å². The number of carbonyl (C=O) groups is 2. The van der Waals surface area contributed by atoms with Crippen LogP contribution in [0.15, 0.2) is 46.0 Å². The van der Waals surface area contributed by atoms with Crippen molar-refractivity contribution in [3.05, 3.63) is 57.4 Å². The molecule has 0 saturated carbocycles. The average Bonchev–Trinajstić information content (AvgIpc) is 3.40. The number of benzene rings is 1. The molecule has 2 aliphatic heterocycles. The van der Waals surface area contributed by atoms with E-state index in [1.54, 1.807) is 18.5 Å². The summed E-state index contributed by atoms with van der Waals surface area (Å²) in [5.41, 5.74) is 0.878. The Bertz CT molecular complexity index is 1180.